The van der Waals surface area contributed by atoms with Crippen LogP contribution in [0.1, 0.15) is 53.8 Å². The van der Waals surface area contributed by atoms with Gasteiger partial charge in [-0.05, 0) is 71.0 Å². The van der Waals surface area contributed by atoms with Gasteiger partial charge in [-0.3, -0.25) is 4.79 Å². The Morgan fingerprint density at radius 1 is 1.14 bits per heavy atom. The highest BCUT2D eigenvalue weighted by Crippen LogP contribution is 2.23. The van der Waals surface area contributed by atoms with Crippen LogP contribution in [-0.2, 0) is 0 Å². The molecule has 1 N–H and O–H groups in total. The average molecular weight is 317 g/mol. The molecule has 0 bridgehead atoms. The number of hydrogen-bond donors (Lipinski definition) is 1. The van der Waals surface area contributed by atoms with Gasteiger partial charge in [0.2, 0.25) is 0 Å². The van der Waals surface area contributed by atoms with Crippen LogP contribution >= 0.6 is 11.3 Å². The van der Waals surface area contributed by atoms with Crippen LogP contribution < -0.4 is 10.1 Å². The van der Waals surface area contributed by atoms with Crippen molar-refractivity contribution < 1.29 is 9.53 Å². The molecule has 2 aromatic rings. The van der Waals surface area contributed by atoms with Crippen molar-refractivity contribution in [3.8, 4) is 5.75 Å². The molecule has 1 unspecified atom stereocenters. The number of ether oxygens (including phenoxy) is 1. The van der Waals surface area contributed by atoms with Gasteiger partial charge in [0.05, 0.1) is 6.04 Å². The fourth-order valence-electron chi connectivity index (χ4n) is 2.07. The molecule has 22 heavy (non-hydrogen) atoms. The maximum atomic E-state index is 12.3. The van der Waals surface area contributed by atoms with Crippen LogP contribution in [0.2, 0.25) is 0 Å². The number of nitrogens with one attached hydrogen (secondary N) is 1. The monoisotopic (exact) mass is 317 g/mol. The molecular weight excluding hydrogens is 294 g/mol. The minimum atomic E-state index is -0.241. The molecule has 1 amide bonds. The summed E-state index contributed by atoms with van der Waals surface area (Å²) in [7, 11) is 0. The van der Waals surface area contributed by atoms with E-state index in [1.54, 1.807) is 23.5 Å². The first-order valence-corrected chi connectivity index (χ1v) is 8.22. The van der Waals surface area contributed by atoms with Crippen molar-refractivity contribution in [3.63, 3.8) is 0 Å². The molecule has 0 aliphatic heterocycles. The van der Waals surface area contributed by atoms with Gasteiger partial charge in [0.25, 0.3) is 5.91 Å². The second-order valence-corrected chi connectivity index (χ2v) is 7.70. The minimum absolute atomic E-state index is 0.0108. The molecule has 4 heteroatoms. The molecule has 1 aromatic carbocycles. The van der Waals surface area contributed by atoms with Crippen molar-refractivity contribution in [1.82, 2.24) is 5.32 Å². The zero-order valence-corrected chi connectivity index (χ0v) is 14.6. The van der Waals surface area contributed by atoms with E-state index >= 15 is 0 Å². The summed E-state index contributed by atoms with van der Waals surface area (Å²) >= 11 is 1.71. The summed E-state index contributed by atoms with van der Waals surface area (Å²) in [5.74, 6) is 0.701. The Hall–Kier alpha value is -1.81. The highest BCUT2D eigenvalue weighted by molar-refractivity contribution is 7.12. The number of carbonyl (C=O) groups excluding carboxylic acids is 1. The van der Waals surface area contributed by atoms with Gasteiger partial charge < -0.3 is 10.1 Å². The molecule has 0 aliphatic rings. The van der Waals surface area contributed by atoms with Gasteiger partial charge in [0.1, 0.15) is 11.4 Å². The van der Waals surface area contributed by atoms with Crippen LogP contribution in [0.5, 0.6) is 5.75 Å². The molecule has 0 fully saturated rings. The quantitative estimate of drug-likeness (QED) is 0.885. The first-order valence-electron chi connectivity index (χ1n) is 7.41. The molecule has 1 atom stereocenters. The topological polar surface area (TPSA) is 38.3 Å². The zero-order chi connectivity index (χ0) is 16.3. The van der Waals surface area contributed by atoms with E-state index in [4.69, 9.17) is 4.74 Å². The van der Waals surface area contributed by atoms with Crippen molar-refractivity contribution in [2.24, 2.45) is 0 Å². The summed E-state index contributed by atoms with van der Waals surface area (Å²) in [6.45, 7) is 10.1. The third-order valence-electron chi connectivity index (χ3n) is 3.08. The van der Waals surface area contributed by atoms with Gasteiger partial charge in [-0.1, -0.05) is 0 Å². The largest absolute Gasteiger partial charge is 0.488 e. The fourth-order valence-corrected chi connectivity index (χ4v) is 2.94. The zero-order valence-electron chi connectivity index (χ0n) is 13.8. The van der Waals surface area contributed by atoms with Crippen LogP contribution in [-0.4, -0.2) is 11.5 Å². The van der Waals surface area contributed by atoms with E-state index in [1.807, 2.05) is 39.8 Å². The SMILES string of the molecule is Cc1ccc(C(C)NC(=O)c2ccc(OC(C)(C)C)cc2)s1. The summed E-state index contributed by atoms with van der Waals surface area (Å²) in [6.07, 6.45) is 0. The first-order chi connectivity index (χ1) is 10.2. The van der Waals surface area contributed by atoms with Crippen molar-refractivity contribution >= 4 is 17.2 Å². The predicted octanol–water partition coefficient (Wildman–Crippen LogP) is 4.72. The molecule has 0 spiro atoms. The Kier molecular flexibility index (Phi) is 4.91. The standard InChI is InChI=1S/C18H23NO2S/c1-12-6-11-16(22-12)13(2)19-17(20)14-7-9-15(10-8-14)21-18(3,4)5/h6-11,13H,1-5H3,(H,19,20). The van der Waals surface area contributed by atoms with Crippen molar-refractivity contribution in [2.75, 3.05) is 0 Å². The third kappa shape index (κ3) is 4.60. The van der Waals surface area contributed by atoms with Gasteiger partial charge in [-0.15, -0.1) is 11.3 Å². The van der Waals surface area contributed by atoms with E-state index in [0.29, 0.717) is 5.56 Å². The molecular formula is C18H23NO2S. The summed E-state index contributed by atoms with van der Waals surface area (Å²) in [5.41, 5.74) is 0.399. The van der Waals surface area contributed by atoms with Gasteiger partial charge in [0.15, 0.2) is 0 Å². The molecule has 0 radical (unpaired) electrons. The maximum Gasteiger partial charge on any atom is 0.251 e. The fraction of sp³-hybridized carbons (Fsp3) is 0.389. The normalized spacial score (nSPS) is 12.8. The number of amides is 1. The Morgan fingerprint density at radius 2 is 1.77 bits per heavy atom. The Bertz CT molecular complexity index is 638. The summed E-state index contributed by atoms with van der Waals surface area (Å²) in [4.78, 5) is 14.7. The number of aryl methyl sites for hydroxylation is 1. The summed E-state index contributed by atoms with van der Waals surface area (Å²) in [6, 6.07) is 11.4. The summed E-state index contributed by atoms with van der Waals surface area (Å²) in [5, 5.41) is 3.02. The molecule has 118 valence electrons. The Balaban J connectivity index is 2.00. The molecule has 0 saturated carbocycles. The van der Waals surface area contributed by atoms with Crippen molar-refractivity contribution in [1.29, 1.82) is 0 Å². The third-order valence-corrected chi connectivity index (χ3v) is 4.26. The molecule has 1 heterocycles. The molecule has 1 aromatic heterocycles. The lowest BCUT2D eigenvalue weighted by Gasteiger charge is -2.21. The molecule has 0 aliphatic carbocycles. The van der Waals surface area contributed by atoms with E-state index in [0.717, 1.165) is 5.75 Å². The van der Waals surface area contributed by atoms with Gasteiger partial charge in [-0.25, -0.2) is 0 Å². The lowest BCUT2D eigenvalue weighted by molar-refractivity contribution is 0.0940. The Morgan fingerprint density at radius 3 is 2.27 bits per heavy atom. The van der Waals surface area contributed by atoms with Crippen LogP contribution in [0, 0.1) is 6.92 Å². The van der Waals surface area contributed by atoms with Crippen LogP contribution in [0.15, 0.2) is 36.4 Å². The van der Waals surface area contributed by atoms with E-state index in [-0.39, 0.29) is 17.6 Å². The number of rotatable bonds is 4. The first kappa shape index (κ1) is 16.6. The number of hydrogen-bond acceptors (Lipinski definition) is 3. The van der Waals surface area contributed by atoms with Crippen LogP contribution in [0.3, 0.4) is 0 Å². The van der Waals surface area contributed by atoms with Crippen molar-refractivity contribution in [2.45, 2.75) is 46.3 Å². The summed E-state index contributed by atoms with van der Waals surface area (Å²) < 4.78 is 5.76. The van der Waals surface area contributed by atoms with Crippen LogP contribution in [0.25, 0.3) is 0 Å². The molecule has 0 saturated heterocycles. The van der Waals surface area contributed by atoms with E-state index in [1.165, 1.54) is 9.75 Å². The lowest BCUT2D eigenvalue weighted by Crippen LogP contribution is -2.26. The number of carbonyl (C=O) groups is 1. The average Bonchev–Trinajstić information content (AvgIpc) is 2.84. The van der Waals surface area contributed by atoms with Gasteiger partial charge >= 0.3 is 0 Å². The van der Waals surface area contributed by atoms with E-state index in [2.05, 4.69) is 24.4 Å². The highest BCUT2D eigenvalue weighted by atomic mass is 32.1. The second kappa shape index (κ2) is 6.53. The van der Waals surface area contributed by atoms with Crippen LogP contribution in [0.4, 0.5) is 0 Å². The molecule has 3 nitrogen and oxygen atoms in total. The number of benzene rings is 1. The predicted molar refractivity (Wildman–Crippen MR) is 91.8 cm³/mol. The maximum absolute atomic E-state index is 12.3. The van der Waals surface area contributed by atoms with Crippen molar-refractivity contribution in [3.05, 3.63) is 51.7 Å². The second-order valence-electron chi connectivity index (χ2n) is 6.38. The highest BCUT2D eigenvalue weighted by Gasteiger charge is 2.14. The van der Waals surface area contributed by atoms with E-state index < -0.39 is 0 Å². The minimum Gasteiger partial charge on any atom is -0.488 e. The van der Waals surface area contributed by atoms with E-state index in [9.17, 15) is 4.79 Å². The van der Waals surface area contributed by atoms with Gasteiger partial charge in [-0.2, -0.15) is 0 Å². The smallest absolute Gasteiger partial charge is 0.251 e. The Labute approximate surface area is 136 Å². The van der Waals surface area contributed by atoms with Gasteiger partial charge in [0, 0.05) is 15.3 Å². The number of thiophene rings is 1. The lowest BCUT2D eigenvalue weighted by atomic mass is 10.1. The molecule has 2 rings (SSSR count).